The van der Waals surface area contributed by atoms with Crippen molar-refractivity contribution in [2.24, 2.45) is 0 Å². The van der Waals surface area contributed by atoms with Crippen LogP contribution in [0.15, 0.2) is 6.07 Å². The molecule has 1 atom stereocenters. The average molecular weight is 401 g/mol. The summed E-state index contributed by atoms with van der Waals surface area (Å²) in [5.41, 5.74) is -2.16. The minimum atomic E-state index is -1.54. The van der Waals surface area contributed by atoms with E-state index in [2.05, 4.69) is 5.32 Å². The molecule has 0 saturated carbocycles. The van der Waals surface area contributed by atoms with Crippen LogP contribution >= 0.6 is 0 Å². The Balaban J connectivity index is 2.37. The van der Waals surface area contributed by atoms with Crippen LogP contribution in [0, 0.1) is 17.5 Å². The topological polar surface area (TPSA) is 70.7 Å². The van der Waals surface area contributed by atoms with Gasteiger partial charge in [0, 0.05) is 31.7 Å². The average Bonchev–Trinajstić information content (AvgIpc) is 2.62. The third-order valence-electron chi connectivity index (χ3n) is 4.32. The standard InChI is InChI=1S/C19H26F3N3O3/c1-5-11(17(26)25-8-6-23-7-9-25)12-10-13(20)15(22)16(14(12)21)24-18(27)28-19(2,3)4/h10-11,23H,5-9H2,1-4H3,(H,24,27)/t11-/m1/s1. The van der Waals surface area contributed by atoms with Crippen molar-refractivity contribution in [3.05, 3.63) is 29.1 Å². The molecular weight excluding hydrogens is 375 g/mol. The van der Waals surface area contributed by atoms with E-state index < -0.39 is 40.8 Å². The maximum atomic E-state index is 15.0. The number of carbonyl (C=O) groups is 2. The van der Waals surface area contributed by atoms with Crippen LogP contribution in [-0.2, 0) is 9.53 Å². The second kappa shape index (κ2) is 8.81. The monoisotopic (exact) mass is 401 g/mol. The van der Waals surface area contributed by atoms with Crippen molar-refractivity contribution < 1.29 is 27.5 Å². The summed E-state index contributed by atoms with van der Waals surface area (Å²) in [5, 5.41) is 5.03. The van der Waals surface area contributed by atoms with Gasteiger partial charge in [-0.15, -0.1) is 0 Å². The zero-order valence-corrected chi connectivity index (χ0v) is 16.5. The van der Waals surface area contributed by atoms with Gasteiger partial charge in [-0.05, 0) is 33.3 Å². The van der Waals surface area contributed by atoms with Gasteiger partial charge in [0.05, 0.1) is 5.92 Å². The minimum absolute atomic E-state index is 0.191. The maximum Gasteiger partial charge on any atom is 0.412 e. The SMILES string of the molecule is CC[C@@H](C(=O)N1CCNCC1)c1cc(F)c(F)c(NC(=O)OC(C)(C)C)c1F. The van der Waals surface area contributed by atoms with Crippen LogP contribution in [0.1, 0.15) is 45.6 Å². The predicted molar refractivity (Wildman–Crippen MR) is 98.7 cm³/mol. The first-order valence-corrected chi connectivity index (χ1v) is 9.22. The van der Waals surface area contributed by atoms with Gasteiger partial charge in [-0.1, -0.05) is 6.92 Å². The van der Waals surface area contributed by atoms with Crippen molar-refractivity contribution in [2.45, 2.75) is 45.6 Å². The molecule has 2 N–H and O–H groups in total. The van der Waals surface area contributed by atoms with Crippen LogP contribution in [-0.4, -0.2) is 48.7 Å². The van der Waals surface area contributed by atoms with Gasteiger partial charge in [0.1, 0.15) is 11.3 Å². The fourth-order valence-corrected chi connectivity index (χ4v) is 3.03. The second-order valence-electron chi connectivity index (χ2n) is 7.61. The van der Waals surface area contributed by atoms with Crippen LogP contribution < -0.4 is 10.6 Å². The number of amides is 2. The number of piperazine rings is 1. The lowest BCUT2D eigenvalue weighted by Crippen LogP contribution is -2.48. The largest absolute Gasteiger partial charge is 0.444 e. The summed E-state index contributed by atoms with van der Waals surface area (Å²) in [5.74, 6) is -5.43. The molecule has 28 heavy (non-hydrogen) atoms. The van der Waals surface area contributed by atoms with Crippen molar-refractivity contribution in [3.63, 3.8) is 0 Å². The lowest BCUT2D eigenvalue weighted by Gasteiger charge is -2.31. The number of rotatable bonds is 4. The molecule has 6 nitrogen and oxygen atoms in total. The summed E-state index contributed by atoms with van der Waals surface area (Å²) in [4.78, 5) is 26.3. The van der Waals surface area contributed by atoms with Crippen LogP contribution in [0.2, 0.25) is 0 Å². The van der Waals surface area contributed by atoms with E-state index in [1.807, 2.05) is 5.32 Å². The van der Waals surface area contributed by atoms with E-state index in [4.69, 9.17) is 4.74 Å². The van der Waals surface area contributed by atoms with Crippen molar-refractivity contribution >= 4 is 17.7 Å². The van der Waals surface area contributed by atoms with E-state index in [0.29, 0.717) is 32.2 Å². The van der Waals surface area contributed by atoms with Gasteiger partial charge in [-0.25, -0.2) is 18.0 Å². The summed E-state index contributed by atoms with van der Waals surface area (Å²) in [6.45, 7) is 8.50. The van der Waals surface area contributed by atoms with E-state index in [9.17, 15) is 18.4 Å². The van der Waals surface area contributed by atoms with Crippen molar-refractivity contribution in [1.82, 2.24) is 10.2 Å². The predicted octanol–water partition coefficient (Wildman–Crippen LogP) is 3.38. The minimum Gasteiger partial charge on any atom is -0.444 e. The summed E-state index contributed by atoms with van der Waals surface area (Å²) in [6, 6.07) is 0.680. The first kappa shape index (κ1) is 22.0. The first-order chi connectivity index (χ1) is 13.0. The Morgan fingerprint density at radius 3 is 2.36 bits per heavy atom. The third kappa shape index (κ3) is 5.15. The second-order valence-corrected chi connectivity index (χ2v) is 7.61. The van der Waals surface area contributed by atoms with Crippen molar-refractivity contribution in [1.29, 1.82) is 0 Å². The molecule has 1 heterocycles. The Morgan fingerprint density at radius 2 is 1.82 bits per heavy atom. The maximum absolute atomic E-state index is 15.0. The summed E-state index contributed by atoms with van der Waals surface area (Å²) in [7, 11) is 0. The van der Waals surface area contributed by atoms with Crippen LogP contribution in [0.25, 0.3) is 0 Å². The van der Waals surface area contributed by atoms with E-state index >= 15 is 4.39 Å². The molecule has 1 aromatic carbocycles. The molecule has 2 amide bonds. The zero-order chi connectivity index (χ0) is 21.1. The molecule has 1 aromatic rings. The van der Waals surface area contributed by atoms with Crippen LogP contribution in [0.5, 0.6) is 0 Å². The fraction of sp³-hybridized carbons (Fsp3) is 0.579. The Hall–Kier alpha value is -2.29. The van der Waals surface area contributed by atoms with Crippen molar-refractivity contribution in [2.75, 3.05) is 31.5 Å². The molecule has 0 radical (unpaired) electrons. The zero-order valence-electron chi connectivity index (χ0n) is 16.5. The first-order valence-electron chi connectivity index (χ1n) is 9.22. The van der Waals surface area contributed by atoms with E-state index in [-0.39, 0.29) is 17.9 Å². The summed E-state index contributed by atoms with van der Waals surface area (Å²) in [6.07, 6.45) is -0.931. The molecule has 1 fully saturated rings. The number of benzene rings is 1. The molecule has 1 aliphatic heterocycles. The van der Waals surface area contributed by atoms with Crippen LogP contribution in [0.4, 0.5) is 23.7 Å². The highest BCUT2D eigenvalue weighted by Crippen LogP contribution is 2.32. The Bertz CT molecular complexity index is 744. The number of nitrogens with one attached hydrogen (secondary N) is 2. The highest BCUT2D eigenvalue weighted by molar-refractivity contribution is 5.87. The number of ether oxygens (including phenoxy) is 1. The summed E-state index contributed by atoms with van der Waals surface area (Å²) < 4.78 is 48.3. The molecule has 156 valence electrons. The lowest BCUT2D eigenvalue weighted by atomic mass is 9.93. The quantitative estimate of drug-likeness (QED) is 0.759. The van der Waals surface area contributed by atoms with Gasteiger partial charge >= 0.3 is 6.09 Å². The van der Waals surface area contributed by atoms with Crippen LogP contribution in [0.3, 0.4) is 0 Å². The van der Waals surface area contributed by atoms with Gasteiger partial charge in [0.25, 0.3) is 0 Å². The van der Waals surface area contributed by atoms with Gasteiger partial charge < -0.3 is 15.0 Å². The number of anilines is 1. The molecule has 1 aliphatic rings. The normalized spacial score (nSPS) is 15.9. The highest BCUT2D eigenvalue weighted by atomic mass is 19.2. The molecule has 9 heteroatoms. The highest BCUT2D eigenvalue weighted by Gasteiger charge is 2.32. The number of halogens is 3. The molecule has 0 bridgehead atoms. The van der Waals surface area contributed by atoms with E-state index in [0.717, 1.165) is 0 Å². The van der Waals surface area contributed by atoms with Gasteiger partial charge in [-0.3, -0.25) is 10.1 Å². The fourth-order valence-electron chi connectivity index (χ4n) is 3.03. The smallest absolute Gasteiger partial charge is 0.412 e. The molecule has 2 rings (SSSR count). The number of carbonyl (C=O) groups excluding carboxylic acids is 2. The Morgan fingerprint density at radius 1 is 1.21 bits per heavy atom. The number of nitrogens with zero attached hydrogens (tertiary/aromatic N) is 1. The molecule has 0 spiro atoms. The lowest BCUT2D eigenvalue weighted by molar-refractivity contribution is -0.133. The molecule has 1 saturated heterocycles. The Labute approximate surface area is 162 Å². The third-order valence-corrected chi connectivity index (χ3v) is 4.32. The number of hydrogen-bond acceptors (Lipinski definition) is 4. The van der Waals surface area contributed by atoms with E-state index in [1.54, 1.807) is 32.6 Å². The van der Waals surface area contributed by atoms with Gasteiger partial charge in [0.15, 0.2) is 17.5 Å². The Kier molecular flexibility index (Phi) is 6.92. The molecule has 0 aromatic heterocycles. The molecule has 0 unspecified atom stereocenters. The summed E-state index contributed by atoms with van der Waals surface area (Å²) >= 11 is 0. The van der Waals surface area contributed by atoms with E-state index in [1.165, 1.54) is 0 Å². The number of hydrogen-bond donors (Lipinski definition) is 2. The van der Waals surface area contributed by atoms with Gasteiger partial charge in [0.2, 0.25) is 5.91 Å². The molecular formula is C19H26F3N3O3. The van der Waals surface area contributed by atoms with Crippen molar-refractivity contribution in [3.8, 4) is 0 Å². The van der Waals surface area contributed by atoms with Gasteiger partial charge in [-0.2, -0.15) is 0 Å². The molecule has 0 aliphatic carbocycles.